The van der Waals surface area contributed by atoms with Crippen molar-refractivity contribution in [1.29, 1.82) is 0 Å². The third kappa shape index (κ3) is 3.48. The van der Waals surface area contributed by atoms with E-state index in [1.54, 1.807) is 6.07 Å². The highest BCUT2D eigenvalue weighted by atomic mass is 35.5. The lowest BCUT2D eigenvalue weighted by atomic mass is 10.3. The number of aromatic nitrogens is 2. The van der Waals surface area contributed by atoms with Crippen LogP contribution in [0.3, 0.4) is 0 Å². The molecule has 4 nitrogen and oxygen atoms in total. The van der Waals surface area contributed by atoms with Gasteiger partial charge in [0.15, 0.2) is 0 Å². The largest absolute Gasteiger partial charge is 0.459 e. The lowest BCUT2D eigenvalue weighted by Crippen LogP contribution is -2.20. The van der Waals surface area contributed by atoms with Crippen molar-refractivity contribution in [3.63, 3.8) is 0 Å². The van der Waals surface area contributed by atoms with Gasteiger partial charge >= 0.3 is 6.01 Å². The quantitative estimate of drug-likeness (QED) is 0.810. The van der Waals surface area contributed by atoms with Crippen molar-refractivity contribution < 1.29 is 4.74 Å². The lowest BCUT2D eigenvalue weighted by molar-refractivity contribution is 0.204. The summed E-state index contributed by atoms with van der Waals surface area (Å²) in [6.07, 6.45) is 1.17. The molecule has 2 rings (SSSR count). The lowest BCUT2D eigenvalue weighted by Gasteiger charge is -2.10. The van der Waals surface area contributed by atoms with Crippen molar-refractivity contribution in [2.45, 2.75) is 19.4 Å². The van der Waals surface area contributed by atoms with Gasteiger partial charge in [-0.05, 0) is 26.0 Å². The van der Waals surface area contributed by atoms with Crippen LogP contribution in [0.15, 0.2) is 6.07 Å². The maximum Gasteiger partial charge on any atom is 0.318 e. The van der Waals surface area contributed by atoms with Crippen molar-refractivity contribution in [2.24, 2.45) is 0 Å². The van der Waals surface area contributed by atoms with Crippen LogP contribution in [0.2, 0.25) is 5.15 Å². The van der Waals surface area contributed by atoms with Crippen LogP contribution < -0.4 is 10.1 Å². The molecule has 2 heterocycles. The van der Waals surface area contributed by atoms with Crippen molar-refractivity contribution >= 4 is 24.0 Å². The monoisotopic (exact) mass is 249 g/mol. The van der Waals surface area contributed by atoms with Crippen LogP contribution in [0.25, 0.3) is 0 Å². The molecule has 0 saturated carbocycles. The first-order chi connectivity index (χ1) is 6.74. The first-order valence-corrected chi connectivity index (χ1v) is 5.00. The molecule has 0 radical (unpaired) electrons. The summed E-state index contributed by atoms with van der Waals surface area (Å²) in [6.45, 7) is 3.71. The van der Waals surface area contributed by atoms with Crippen LogP contribution in [-0.2, 0) is 0 Å². The number of nitrogens with one attached hydrogen (secondary N) is 1. The van der Waals surface area contributed by atoms with Gasteiger partial charge in [0.25, 0.3) is 0 Å². The standard InChI is InChI=1S/C9H12ClN3O.ClH/c1-6-4-8(10)13-9(12-6)14-7-2-3-11-5-7;/h4,7,11H,2-3,5H2,1H3;1H. The Morgan fingerprint density at radius 3 is 2.93 bits per heavy atom. The van der Waals surface area contributed by atoms with Crippen molar-refractivity contribution in [2.75, 3.05) is 13.1 Å². The Balaban J connectivity index is 0.00000112. The molecule has 0 amide bonds. The number of hydrogen-bond acceptors (Lipinski definition) is 4. The number of aryl methyl sites for hydroxylation is 1. The minimum atomic E-state index is 0. The van der Waals surface area contributed by atoms with Gasteiger partial charge in [-0.3, -0.25) is 0 Å². The molecule has 1 aliphatic heterocycles. The van der Waals surface area contributed by atoms with E-state index in [-0.39, 0.29) is 18.5 Å². The fourth-order valence-corrected chi connectivity index (χ4v) is 1.66. The van der Waals surface area contributed by atoms with E-state index in [4.69, 9.17) is 16.3 Å². The minimum Gasteiger partial charge on any atom is -0.459 e. The molecule has 1 atom stereocenters. The van der Waals surface area contributed by atoms with E-state index < -0.39 is 0 Å². The second-order valence-electron chi connectivity index (χ2n) is 3.35. The van der Waals surface area contributed by atoms with Crippen molar-refractivity contribution in [3.8, 4) is 6.01 Å². The number of ether oxygens (including phenoxy) is 1. The molecule has 84 valence electrons. The second-order valence-corrected chi connectivity index (χ2v) is 3.73. The van der Waals surface area contributed by atoms with Crippen LogP contribution in [0.5, 0.6) is 6.01 Å². The average molecular weight is 250 g/mol. The summed E-state index contributed by atoms with van der Waals surface area (Å²) in [5.41, 5.74) is 0.825. The first kappa shape index (κ1) is 12.5. The smallest absolute Gasteiger partial charge is 0.318 e. The number of rotatable bonds is 2. The Kier molecular flexibility index (Phi) is 4.57. The topological polar surface area (TPSA) is 47.0 Å². The fraction of sp³-hybridized carbons (Fsp3) is 0.556. The molecular formula is C9H13Cl2N3O. The zero-order chi connectivity index (χ0) is 9.97. The third-order valence-corrected chi connectivity index (χ3v) is 2.28. The van der Waals surface area contributed by atoms with E-state index in [1.807, 2.05) is 6.92 Å². The maximum absolute atomic E-state index is 5.79. The summed E-state index contributed by atoms with van der Waals surface area (Å²) < 4.78 is 5.57. The fourth-order valence-electron chi connectivity index (χ4n) is 1.43. The predicted octanol–water partition coefficient (Wildman–Crippen LogP) is 1.60. The summed E-state index contributed by atoms with van der Waals surface area (Å²) in [6, 6.07) is 2.09. The summed E-state index contributed by atoms with van der Waals surface area (Å²) in [7, 11) is 0. The van der Waals surface area contributed by atoms with Crippen molar-refractivity contribution in [1.82, 2.24) is 15.3 Å². The Hall–Kier alpha value is -0.580. The van der Waals surface area contributed by atoms with Crippen LogP contribution in [-0.4, -0.2) is 29.2 Å². The van der Waals surface area contributed by atoms with Gasteiger partial charge in [0, 0.05) is 12.2 Å². The minimum absolute atomic E-state index is 0. The van der Waals surface area contributed by atoms with Gasteiger partial charge in [-0.1, -0.05) is 11.6 Å². The Labute approximate surface area is 99.8 Å². The molecular weight excluding hydrogens is 237 g/mol. The molecule has 1 fully saturated rings. The molecule has 1 aromatic heterocycles. The highest BCUT2D eigenvalue weighted by Gasteiger charge is 2.17. The second kappa shape index (κ2) is 5.49. The Bertz CT molecular complexity index is 309. The summed E-state index contributed by atoms with van der Waals surface area (Å²) in [4.78, 5) is 8.15. The van der Waals surface area contributed by atoms with E-state index in [0.29, 0.717) is 11.2 Å². The number of halogens is 2. The number of nitrogens with zero attached hydrogens (tertiary/aromatic N) is 2. The number of hydrogen-bond donors (Lipinski definition) is 1. The SMILES string of the molecule is Cc1cc(Cl)nc(OC2CCNC2)n1.Cl. The van der Waals surface area contributed by atoms with Gasteiger partial charge in [-0.25, -0.2) is 4.98 Å². The van der Waals surface area contributed by atoms with Crippen LogP contribution in [0.1, 0.15) is 12.1 Å². The van der Waals surface area contributed by atoms with Crippen LogP contribution in [0, 0.1) is 6.92 Å². The van der Waals surface area contributed by atoms with E-state index in [9.17, 15) is 0 Å². The Morgan fingerprint density at radius 2 is 2.33 bits per heavy atom. The van der Waals surface area contributed by atoms with Gasteiger partial charge in [-0.15, -0.1) is 12.4 Å². The van der Waals surface area contributed by atoms with E-state index in [0.717, 1.165) is 25.2 Å². The zero-order valence-electron chi connectivity index (χ0n) is 8.36. The van der Waals surface area contributed by atoms with Gasteiger partial charge in [0.1, 0.15) is 11.3 Å². The van der Waals surface area contributed by atoms with Gasteiger partial charge in [0.05, 0.1) is 0 Å². The molecule has 1 N–H and O–H groups in total. The summed E-state index contributed by atoms with van der Waals surface area (Å²) in [5.74, 6) is 0. The summed E-state index contributed by atoms with van der Waals surface area (Å²) >= 11 is 5.79. The molecule has 0 aromatic carbocycles. The molecule has 1 unspecified atom stereocenters. The van der Waals surface area contributed by atoms with Crippen LogP contribution in [0.4, 0.5) is 0 Å². The average Bonchev–Trinajstić information content (AvgIpc) is 2.54. The molecule has 0 bridgehead atoms. The van der Waals surface area contributed by atoms with Gasteiger partial charge in [-0.2, -0.15) is 4.98 Å². The van der Waals surface area contributed by atoms with Gasteiger partial charge < -0.3 is 10.1 Å². The molecule has 1 saturated heterocycles. The third-order valence-electron chi connectivity index (χ3n) is 2.09. The zero-order valence-corrected chi connectivity index (χ0v) is 9.94. The summed E-state index contributed by atoms with van der Waals surface area (Å²) in [5, 5.41) is 3.64. The van der Waals surface area contributed by atoms with Crippen molar-refractivity contribution in [3.05, 3.63) is 16.9 Å². The molecule has 0 spiro atoms. The highest BCUT2D eigenvalue weighted by molar-refractivity contribution is 6.29. The van der Waals surface area contributed by atoms with E-state index >= 15 is 0 Å². The highest BCUT2D eigenvalue weighted by Crippen LogP contribution is 2.14. The molecule has 15 heavy (non-hydrogen) atoms. The molecule has 6 heteroatoms. The molecule has 1 aromatic rings. The van der Waals surface area contributed by atoms with Crippen LogP contribution >= 0.6 is 24.0 Å². The van der Waals surface area contributed by atoms with Gasteiger partial charge in [0.2, 0.25) is 0 Å². The van der Waals surface area contributed by atoms with E-state index in [1.165, 1.54) is 0 Å². The first-order valence-electron chi connectivity index (χ1n) is 4.62. The predicted molar refractivity (Wildman–Crippen MR) is 60.9 cm³/mol. The van der Waals surface area contributed by atoms with E-state index in [2.05, 4.69) is 15.3 Å². The normalized spacial score (nSPS) is 19.7. The maximum atomic E-state index is 5.79. The Morgan fingerprint density at radius 1 is 1.53 bits per heavy atom. The molecule has 0 aliphatic carbocycles. The molecule has 1 aliphatic rings.